The van der Waals surface area contributed by atoms with Crippen LogP contribution in [0.4, 0.5) is 0 Å². The standard InChI is InChI=1S/C17H20N2O2/c1-2-13-5-7-14(8-6-13)15-12-18-9-10-19(15)17(20)16-4-3-11-21-16/h3-8,11,15,18H,2,9-10,12H2,1H3. The lowest BCUT2D eigenvalue weighted by Crippen LogP contribution is -2.48. The molecule has 1 aromatic carbocycles. The van der Waals surface area contributed by atoms with E-state index >= 15 is 0 Å². The summed E-state index contributed by atoms with van der Waals surface area (Å²) in [6, 6.07) is 12.1. The third-order valence-electron chi connectivity index (χ3n) is 4.01. The number of carbonyl (C=O) groups excluding carboxylic acids is 1. The normalized spacial score (nSPS) is 18.7. The summed E-state index contributed by atoms with van der Waals surface area (Å²) >= 11 is 0. The maximum Gasteiger partial charge on any atom is 0.290 e. The number of benzene rings is 1. The molecule has 1 aliphatic rings. The van der Waals surface area contributed by atoms with Crippen LogP contribution < -0.4 is 5.32 Å². The highest BCUT2D eigenvalue weighted by Gasteiger charge is 2.29. The summed E-state index contributed by atoms with van der Waals surface area (Å²) in [7, 11) is 0. The van der Waals surface area contributed by atoms with E-state index in [1.807, 2.05) is 4.90 Å². The molecule has 4 heteroatoms. The maximum atomic E-state index is 12.6. The van der Waals surface area contributed by atoms with Crippen molar-refractivity contribution in [2.24, 2.45) is 0 Å². The molecular formula is C17H20N2O2. The van der Waals surface area contributed by atoms with Crippen molar-refractivity contribution in [3.63, 3.8) is 0 Å². The zero-order valence-corrected chi connectivity index (χ0v) is 12.2. The van der Waals surface area contributed by atoms with Crippen LogP contribution in [0.2, 0.25) is 0 Å². The van der Waals surface area contributed by atoms with Crippen LogP contribution in [0.5, 0.6) is 0 Å². The molecule has 1 amide bonds. The summed E-state index contributed by atoms with van der Waals surface area (Å²) in [6.45, 7) is 4.43. The summed E-state index contributed by atoms with van der Waals surface area (Å²) < 4.78 is 5.26. The number of piperazine rings is 1. The molecular weight excluding hydrogens is 264 g/mol. The molecule has 1 unspecified atom stereocenters. The van der Waals surface area contributed by atoms with E-state index in [4.69, 9.17) is 4.42 Å². The molecule has 2 heterocycles. The van der Waals surface area contributed by atoms with E-state index in [0.29, 0.717) is 12.3 Å². The van der Waals surface area contributed by atoms with E-state index < -0.39 is 0 Å². The monoisotopic (exact) mass is 284 g/mol. The van der Waals surface area contributed by atoms with Gasteiger partial charge in [-0.05, 0) is 29.7 Å². The Morgan fingerprint density at radius 2 is 2.14 bits per heavy atom. The zero-order chi connectivity index (χ0) is 14.7. The van der Waals surface area contributed by atoms with Crippen molar-refractivity contribution in [1.29, 1.82) is 0 Å². The SMILES string of the molecule is CCc1ccc(C2CNCCN2C(=O)c2ccco2)cc1. The van der Waals surface area contributed by atoms with Crippen LogP contribution in [0, 0.1) is 0 Å². The summed E-state index contributed by atoms with van der Waals surface area (Å²) in [5, 5.41) is 3.37. The Labute approximate surface area is 124 Å². The first-order valence-corrected chi connectivity index (χ1v) is 7.43. The van der Waals surface area contributed by atoms with Gasteiger partial charge >= 0.3 is 0 Å². The van der Waals surface area contributed by atoms with Crippen LogP contribution in [-0.2, 0) is 6.42 Å². The highest BCUT2D eigenvalue weighted by atomic mass is 16.3. The lowest BCUT2D eigenvalue weighted by atomic mass is 10.0. The van der Waals surface area contributed by atoms with Gasteiger partial charge in [0.2, 0.25) is 0 Å². The van der Waals surface area contributed by atoms with Crippen LogP contribution in [0.3, 0.4) is 0 Å². The number of aryl methyl sites for hydroxylation is 1. The fraction of sp³-hybridized carbons (Fsp3) is 0.353. The Hall–Kier alpha value is -2.07. The predicted molar refractivity (Wildman–Crippen MR) is 81.2 cm³/mol. The summed E-state index contributed by atoms with van der Waals surface area (Å²) in [5.74, 6) is 0.373. The molecule has 1 N–H and O–H groups in total. The molecule has 0 saturated carbocycles. The van der Waals surface area contributed by atoms with Crippen molar-refractivity contribution in [2.75, 3.05) is 19.6 Å². The van der Waals surface area contributed by atoms with Crippen molar-refractivity contribution in [1.82, 2.24) is 10.2 Å². The fourth-order valence-electron chi connectivity index (χ4n) is 2.76. The molecule has 1 aliphatic heterocycles. The molecule has 0 radical (unpaired) electrons. The van der Waals surface area contributed by atoms with Gasteiger partial charge in [0, 0.05) is 19.6 Å². The lowest BCUT2D eigenvalue weighted by Gasteiger charge is -2.36. The number of nitrogens with one attached hydrogen (secondary N) is 1. The van der Waals surface area contributed by atoms with Crippen molar-refractivity contribution >= 4 is 5.91 Å². The van der Waals surface area contributed by atoms with E-state index in [-0.39, 0.29) is 11.9 Å². The Morgan fingerprint density at radius 3 is 2.81 bits per heavy atom. The smallest absolute Gasteiger partial charge is 0.290 e. The minimum atomic E-state index is -0.0360. The largest absolute Gasteiger partial charge is 0.459 e. The molecule has 3 rings (SSSR count). The van der Waals surface area contributed by atoms with Gasteiger partial charge in [0.05, 0.1) is 12.3 Å². The van der Waals surface area contributed by atoms with Crippen molar-refractivity contribution in [2.45, 2.75) is 19.4 Å². The molecule has 1 saturated heterocycles. The summed E-state index contributed by atoms with van der Waals surface area (Å²) in [6.07, 6.45) is 2.57. The van der Waals surface area contributed by atoms with Crippen LogP contribution in [0.1, 0.15) is 34.6 Å². The second kappa shape index (κ2) is 6.14. The Morgan fingerprint density at radius 1 is 1.33 bits per heavy atom. The van der Waals surface area contributed by atoms with Gasteiger partial charge in [-0.25, -0.2) is 0 Å². The Balaban J connectivity index is 1.85. The van der Waals surface area contributed by atoms with Gasteiger partial charge in [-0.3, -0.25) is 4.79 Å². The molecule has 0 bridgehead atoms. The third-order valence-corrected chi connectivity index (χ3v) is 4.01. The van der Waals surface area contributed by atoms with Gasteiger partial charge in [0.15, 0.2) is 5.76 Å². The summed E-state index contributed by atoms with van der Waals surface area (Å²) in [4.78, 5) is 14.5. The van der Waals surface area contributed by atoms with Crippen molar-refractivity contribution in [3.05, 3.63) is 59.5 Å². The van der Waals surface area contributed by atoms with Crippen LogP contribution in [-0.4, -0.2) is 30.4 Å². The second-order valence-electron chi connectivity index (χ2n) is 5.29. The number of hydrogen-bond acceptors (Lipinski definition) is 3. The highest BCUT2D eigenvalue weighted by molar-refractivity contribution is 5.91. The molecule has 0 aliphatic carbocycles. The van der Waals surface area contributed by atoms with E-state index in [1.54, 1.807) is 18.4 Å². The molecule has 1 aromatic heterocycles. The van der Waals surface area contributed by atoms with Crippen LogP contribution in [0.15, 0.2) is 47.1 Å². The van der Waals surface area contributed by atoms with Gasteiger partial charge in [0.1, 0.15) is 0 Å². The third kappa shape index (κ3) is 2.85. The van der Waals surface area contributed by atoms with E-state index in [2.05, 4.69) is 36.5 Å². The molecule has 4 nitrogen and oxygen atoms in total. The highest BCUT2D eigenvalue weighted by Crippen LogP contribution is 2.24. The first-order chi connectivity index (χ1) is 10.3. The van der Waals surface area contributed by atoms with E-state index in [1.165, 1.54) is 11.1 Å². The number of carbonyl (C=O) groups is 1. The topological polar surface area (TPSA) is 45.5 Å². The first-order valence-electron chi connectivity index (χ1n) is 7.43. The maximum absolute atomic E-state index is 12.6. The molecule has 1 fully saturated rings. The molecule has 0 spiro atoms. The van der Waals surface area contributed by atoms with Crippen molar-refractivity contribution < 1.29 is 9.21 Å². The number of nitrogens with zero attached hydrogens (tertiary/aromatic N) is 1. The quantitative estimate of drug-likeness (QED) is 0.942. The van der Waals surface area contributed by atoms with Gasteiger partial charge in [-0.2, -0.15) is 0 Å². The molecule has 21 heavy (non-hydrogen) atoms. The van der Waals surface area contributed by atoms with E-state index in [0.717, 1.165) is 19.5 Å². The van der Waals surface area contributed by atoms with Gasteiger partial charge < -0.3 is 14.6 Å². The Bertz CT molecular complexity index is 590. The fourth-order valence-corrected chi connectivity index (χ4v) is 2.76. The van der Waals surface area contributed by atoms with Crippen molar-refractivity contribution in [3.8, 4) is 0 Å². The van der Waals surface area contributed by atoms with Gasteiger partial charge in [0.25, 0.3) is 5.91 Å². The predicted octanol–water partition coefficient (Wildman–Crippen LogP) is 2.63. The van der Waals surface area contributed by atoms with Crippen LogP contribution >= 0.6 is 0 Å². The number of rotatable bonds is 3. The zero-order valence-electron chi connectivity index (χ0n) is 12.2. The average molecular weight is 284 g/mol. The van der Waals surface area contributed by atoms with Gasteiger partial charge in [-0.15, -0.1) is 0 Å². The first kappa shape index (κ1) is 13.9. The second-order valence-corrected chi connectivity index (χ2v) is 5.29. The number of amides is 1. The minimum absolute atomic E-state index is 0.0360. The minimum Gasteiger partial charge on any atom is -0.459 e. The molecule has 2 aromatic rings. The van der Waals surface area contributed by atoms with E-state index in [9.17, 15) is 4.79 Å². The molecule has 110 valence electrons. The lowest BCUT2D eigenvalue weighted by molar-refractivity contribution is 0.0601. The Kier molecular flexibility index (Phi) is 4.06. The summed E-state index contributed by atoms with van der Waals surface area (Å²) in [5.41, 5.74) is 2.48. The number of hydrogen-bond donors (Lipinski definition) is 1. The van der Waals surface area contributed by atoms with Gasteiger partial charge in [-0.1, -0.05) is 31.2 Å². The number of furan rings is 1. The van der Waals surface area contributed by atoms with Crippen LogP contribution in [0.25, 0.3) is 0 Å². The average Bonchev–Trinajstić information content (AvgIpc) is 3.09. The molecule has 1 atom stereocenters.